The van der Waals surface area contributed by atoms with E-state index in [1.54, 1.807) is 4.68 Å². The number of aromatic nitrogens is 4. The summed E-state index contributed by atoms with van der Waals surface area (Å²) in [6.07, 6.45) is 1.93. The number of rotatable bonds is 5. The van der Waals surface area contributed by atoms with E-state index in [2.05, 4.69) is 29.4 Å². The van der Waals surface area contributed by atoms with E-state index in [0.717, 1.165) is 33.8 Å². The zero-order valence-corrected chi connectivity index (χ0v) is 16.6. The van der Waals surface area contributed by atoms with E-state index in [1.807, 2.05) is 79.0 Å². The van der Waals surface area contributed by atoms with Gasteiger partial charge in [-0.25, -0.2) is 9.67 Å². The summed E-state index contributed by atoms with van der Waals surface area (Å²) < 4.78 is 7.96. The molecule has 0 saturated carbocycles. The van der Waals surface area contributed by atoms with Crippen molar-refractivity contribution in [2.45, 2.75) is 13.5 Å². The van der Waals surface area contributed by atoms with Crippen LogP contribution in [0.1, 0.15) is 11.5 Å². The number of aryl methyl sites for hydroxylation is 1. The van der Waals surface area contributed by atoms with Gasteiger partial charge in [-0.15, -0.1) is 5.10 Å². The van der Waals surface area contributed by atoms with E-state index in [-0.39, 0.29) is 0 Å². The molecule has 2 aromatic heterocycles. The molecule has 0 bridgehead atoms. The molecule has 0 amide bonds. The van der Waals surface area contributed by atoms with E-state index in [4.69, 9.17) is 9.40 Å². The fourth-order valence-corrected chi connectivity index (χ4v) is 3.51. The molecule has 5 aromatic rings. The van der Waals surface area contributed by atoms with Crippen LogP contribution < -0.4 is 0 Å². The number of hydrogen-bond acceptors (Lipinski definition) is 4. The Bertz CT molecular complexity index is 1220. The molecule has 30 heavy (non-hydrogen) atoms. The number of benzene rings is 3. The Morgan fingerprint density at radius 3 is 2.20 bits per heavy atom. The highest BCUT2D eigenvalue weighted by Gasteiger charge is 2.17. The van der Waals surface area contributed by atoms with Crippen LogP contribution in [0.2, 0.25) is 0 Å². The van der Waals surface area contributed by atoms with Crippen LogP contribution in [-0.4, -0.2) is 20.0 Å². The second-order valence-electron chi connectivity index (χ2n) is 7.13. The van der Waals surface area contributed by atoms with Crippen LogP contribution in [0, 0.1) is 6.92 Å². The van der Waals surface area contributed by atoms with Crippen LogP contribution >= 0.6 is 0 Å². The van der Waals surface area contributed by atoms with Crippen LogP contribution in [0.5, 0.6) is 0 Å². The molecule has 3 aromatic carbocycles. The molecule has 5 heteroatoms. The van der Waals surface area contributed by atoms with Gasteiger partial charge in [0.05, 0.1) is 6.20 Å². The second-order valence-corrected chi connectivity index (χ2v) is 7.13. The van der Waals surface area contributed by atoms with Crippen molar-refractivity contribution in [3.8, 4) is 33.8 Å². The lowest BCUT2D eigenvalue weighted by Crippen LogP contribution is -2.00. The van der Waals surface area contributed by atoms with Gasteiger partial charge in [0.15, 0.2) is 5.76 Å². The fourth-order valence-electron chi connectivity index (χ4n) is 3.51. The van der Waals surface area contributed by atoms with Crippen LogP contribution in [0.25, 0.3) is 33.8 Å². The standard InChI is InChI=1S/C25H20N4O/c1-18-10-8-9-15-21(18)22-16-29(28-27-22)17-23-26-24(19-11-4-2-5-12-19)25(30-23)20-13-6-3-7-14-20/h2-16H,17H2,1H3. The van der Waals surface area contributed by atoms with Crippen molar-refractivity contribution in [1.82, 2.24) is 20.0 Å². The average Bonchev–Trinajstić information content (AvgIpc) is 3.43. The zero-order valence-electron chi connectivity index (χ0n) is 16.6. The summed E-state index contributed by atoms with van der Waals surface area (Å²) in [5.74, 6) is 1.35. The molecule has 146 valence electrons. The molecule has 0 radical (unpaired) electrons. The Balaban J connectivity index is 1.50. The van der Waals surface area contributed by atoms with Gasteiger partial charge in [0.2, 0.25) is 5.89 Å². The normalized spacial score (nSPS) is 11.0. The van der Waals surface area contributed by atoms with E-state index < -0.39 is 0 Å². The molecule has 2 heterocycles. The van der Waals surface area contributed by atoms with E-state index in [0.29, 0.717) is 12.4 Å². The van der Waals surface area contributed by atoms with Crippen LogP contribution in [0.15, 0.2) is 95.5 Å². The van der Waals surface area contributed by atoms with Gasteiger partial charge in [0.25, 0.3) is 0 Å². The highest BCUT2D eigenvalue weighted by Crippen LogP contribution is 2.32. The summed E-state index contributed by atoms with van der Waals surface area (Å²) in [7, 11) is 0. The Labute approximate surface area is 174 Å². The zero-order chi connectivity index (χ0) is 20.3. The number of oxazole rings is 1. The Morgan fingerprint density at radius 1 is 0.800 bits per heavy atom. The average molecular weight is 392 g/mol. The summed E-state index contributed by atoms with van der Waals surface area (Å²) in [5, 5.41) is 8.61. The molecule has 0 N–H and O–H groups in total. The molecule has 0 unspecified atom stereocenters. The number of nitrogens with zero attached hydrogens (tertiary/aromatic N) is 4. The Kier molecular flexibility index (Phi) is 4.69. The lowest BCUT2D eigenvalue weighted by Gasteiger charge is -2.00. The van der Waals surface area contributed by atoms with Gasteiger partial charge in [-0.3, -0.25) is 0 Å². The molecule has 0 atom stereocenters. The third-order valence-electron chi connectivity index (χ3n) is 5.01. The monoisotopic (exact) mass is 392 g/mol. The molecule has 0 aliphatic rings. The summed E-state index contributed by atoms with van der Waals surface area (Å²) >= 11 is 0. The highest BCUT2D eigenvalue weighted by molar-refractivity contribution is 5.76. The van der Waals surface area contributed by atoms with Crippen molar-refractivity contribution in [3.63, 3.8) is 0 Å². The predicted molar refractivity (Wildman–Crippen MR) is 117 cm³/mol. The van der Waals surface area contributed by atoms with Crippen molar-refractivity contribution < 1.29 is 4.42 Å². The maximum atomic E-state index is 6.20. The van der Waals surface area contributed by atoms with Crippen molar-refractivity contribution in [2.75, 3.05) is 0 Å². The van der Waals surface area contributed by atoms with Gasteiger partial charge in [0, 0.05) is 16.7 Å². The minimum Gasteiger partial charge on any atom is -0.438 e. The first-order chi connectivity index (χ1) is 14.8. The SMILES string of the molecule is Cc1ccccc1-c1cn(Cc2nc(-c3ccccc3)c(-c3ccccc3)o2)nn1. The van der Waals surface area contributed by atoms with Crippen LogP contribution in [-0.2, 0) is 6.54 Å². The first-order valence-electron chi connectivity index (χ1n) is 9.84. The summed E-state index contributed by atoms with van der Waals surface area (Å²) in [6.45, 7) is 2.48. The maximum absolute atomic E-state index is 6.20. The van der Waals surface area contributed by atoms with Gasteiger partial charge in [0.1, 0.15) is 17.9 Å². The second kappa shape index (κ2) is 7.79. The summed E-state index contributed by atoms with van der Waals surface area (Å²) in [6, 6.07) is 28.3. The van der Waals surface area contributed by atoms with Crippen LogP contribution in [0.3, 0.4) is 0 Å². The first-order valence-corrected chi connectivity index (χ1v) is 9.84. The molecule has 0 aliphatic heterocycles. The van der Waals surface area contributed by atoms with E-state index >= 15 is 0 Å². The smallest absolute Gasteiger partial charge is 0.217 e. The Hall–Kier alpha value is -3.99. The molecule has 0 spiro atoms. The minimum absolute atomic E-state index is 0.408. The molecule has 0 saturated heterocycles. The number of hydrogen-bond donors (Lipinski definition) is 0. The van der Waals surface area contributed by atoms with Gasteiger partial charge in [-0.2, -0.15) is 0 Å². The summed E-state index contributed by atoms with van der Waals surface area (Å²) in [4.78, 5) is 4.80. The largest absolute Gasteiger partial charge is 0.438 e. The van der Waals surface area contributed by atoms with Crippen molar-refractivity contribution in [2.24, 2.45) is 0 Å². The van der Waals surface area contributed by atoms with Gasteiger partial charge >= 0.3 is 0 Å². The molecular weight excluding hydrogens is 372 g/mol. The predicted octanol–water partition coefficient (Wildman–Crippen LogP) is 5.62. The minimum atomic E-state index is 0.408. The Morgan fingerprint density at radius 2 is 1.47 bits per heavy atom. The molecular formula is C25H20N4O. The van der Waals surface area contributed by atoms with Gasteiger partial charge < -0.3 is 4.42 Å². The van der Waals surface area contributed by atoms with E-state index in [9.17, 15) is 0 Å². The maximum Gasteiger partial charge on any atom is 0.217 e. The summed E-state index contributed by atoms with van der Waals surface area (Å²) in [5.41, 5.74) is 5.92. The van der Waals surface area contributed by atoms with Crippen molar-refractivity contribution >= 4 is 0 Å². The third-order valence-corrected chi connectivity index (χ3v) is 5.01. The van der Waals surface area contributed by atoms with Gasteiger partial charge in [-0.05, 0) is 12.5 Å². The fraction of sp³-hybridized carbons (Fsp3) is 0.0800. The lowest BCUT2D eigenvalue weighted by molar-refractivity contribution is 0.469. The topological polar surface area (TPSA) is 56.7 Å². The van der Waals surface area contributed by atoms with Crippen LogP contribution in [0.4, 0.5) is 0 Å². The van der Waals surface area contributed by atoms with Crippen molar-refractivity contribution in [3.05, 3.63) is 103 Å². The third kappa shape index (κ3) is 3.53. The molecule has 0 aliphatic carbocycles. The van der Waals surface area contributed by atoms with Crippen molar-refractivity contribution in [1.29, 1.82) is 0 Å². The highest BCUT2D eigenvalue weighted by atomic mass is 16.4. The molecule has 5 rings (SSSR count). The molecule has 0 fully saturated rings. The lowest BCUT2D eigenvalue weighted by atomic mass is 10.1. The quantitative estimate of drug-likeness (QED) is 0.389. The first kappa shape index (κ1) is 18.1. The van der Waals surface area contributed by atoms with E-state index in [1.165, 1.54) is 5.56 Å². The molecule has 5 nitrogen and oxygen atoms in total. The van der Waals surface area contributed by atoms with Gasteiger partial charge in [-0.1, -0.05) is 90.1 Å².